The molecule has 1 N–H and O–H groups in total. The summed E-state index contributed by atoms with van der Waals surface area (Å²) in [4.78, 5) is 10.8. The lowest BCUT2D eigenvalue weighted by molar-refractivity contribution is -0.119. The molecule has 19 heavy (non-hydrogen) atoms. The standard InChI is InChI=1S/C12H10F4N2O/c1-5-9(13)11(15)8(12(16)10(5)14)3-7(4-17)18-6(2)19/h7H,3H2,1-2H3,(H,18,19). The molecule has 0 radical (unpaired) electrons. The number of nitriles is 1. The van der Waals surface area contributed by atoms with E-state index in [4.69, 9.17) is 5.26 Å². The number of benzene rings is 1. The molecule has 0 saturated carbocycles. The van der Waals surface area contributed by atoms with E-state index < -0.39 is 52.8 Å². The summed E-state index contributed by atoms with van der Waals surface area (Å²) in [6.45, 7) is 2.00. The fourth-order valence-corrected chi connectivity index (χ4v) is 1.54. The topological polar surface area (TPSA) is 52.9 Å². The highest BCUT2D eigenvalue weighted by molar-refractivity contribution is 5.73. The summed E-state index contributed by atoms with van der Waals surface area (Å²) in [5.41, 5.74) is -1.67. The normalized spacial score (nSPS) is 11.8. The van der Waals surface area contributed by atoms with E-state index in [2.05, 4.69) is 5.32 Å². The Balaban J connectivity index is 3.22. The van der Waals surface area contributed by atoms with E-state index in [1.54, 1.807) is 6.07 Å². The van der Waals surface area contributed by atoms with E-state index in [1.165, 1.54) is 0 Å². The van der Waals surface area contributed by atoms with Gasteiger partial charge in [0.2, 0.25) is 5.91 Å². The van der Waals surface area contributed by atoms with E-state index in [-0.39, 0.29) is 0 Å². The maximum absolute atomic E-state index is 13.5. The zero-order chi connectivity index (χ0) is 14.7. The maximum atomic E-state index is 13.5. The van der Waals surface area contributed by atoms with Crippen molar-refractivity contribution in [2.24, 2.45) is 0 Å². The number of nitrogens with zero attached hydrogens (tertiary/aromatic N) is 1. The van der Waals surface area contributed by atoms with E-state index >= 15 is 0 Å². The van der Waals surface area contributed by atoms with Crippen LogP contribution in [-0.2, 0) is 11.2 Å². The van der Waals surface area contributed by atoms with Crippen LogP contribution in [0, 0.1) is 41.5 Å². The molecule has 1 atom stereocenters. The van der Waals surface area contributed by atoms with Crippen LogP contribution >= 0.6 is 0 Å². The molecule has 1 aromatic carbocycles. The van der Waals surface area contributed by atoms with Gasteiger partial charge >= 0.3 is 0 Å². The van der Waals surface area contributed by atoms with Gasteiger partial charge in [0.25, 0.3) is 0 Å². The first-order chi connectivity index (χ1) is 8.79. The molecule has 3 nitrogen and oxygen atoms in total. The molecule has 102 valence electrons. The van der Waals surface area contributed by atoms with Crippen molar-refractivity contribution in [3.8, 4) is 6.07 Å². The smallest absolute Gasteiger partial charge is 0.217 e. The third-order valence-corrected chi connectivity index (χ3v) is 2.52. The number of carbonyl (C=O) groups is 1. The minimum atomic E-state index is -1.55. The number of hydrogen-bond donors (Lipinski definition) is 1. The van der Waals surface area contributed by atoms with E-state index in [9.17, 15) is 22.4 Å². The molecule has 0 aliphatic carbocycles. The van der Waals surface area contributed by atoms with Gasteiger partial charge in [-0.3, -0.25) is 4.79 Å². The van der Waals surface area contributed by atoms with Crippen LogP contribution in [0.3, 0.4) is 0 Å². The van der Waals surface area contributed by atoms with E-state index in [0.717, 1.165) is 13.8 Å². The van der Waals surface area contributed by atoms with Crippen molar-refractivity contribution < 1.29 is 22.4 Å². The second kappa shape index (κ2) is 5.69. The highest BCUT2D eigenvalue weighted by Crippen LogP contribution is 2.24. The summed E-state index contributed by atoms with van der Waals surface area (Å²) in [6.07, 6.45) is -0.665. The van der Waals surface area contributed by atoms with Crippen molar-refractivity contribution in [2.45, 2.75) is 26.3 Å². The molecule has 1 amide bonds. The zero-order valence-corrected chi connectivity index (χ0v) is 10.2. The summed E-state index contributed by atoms with van der Waals surface area (Å²) >= 11 is 0. The molecule has 0 aliphatic heterocycles. The van der Waals surface area contributed by atoms with Crippen molar-refractivity contribution >= 4 is 5.91 Å². The lowest BCUT2D eigenvalue weighted by Gasteiger charge is -2.13. The molecule has 1 rings (SSSR count). The van der Waals surface area contributed by atoms with Crippen molar-refractivity contribution in [3.05, 3.63) is 34.4 Å². The Morgan fingerprint density at radius 1 is 1.21 bits per heavy atom. The average Bonchev–Trinajstić information content (AvgIpc) is 2.37. The Morgan fingerprint density at radius 3 is 2.05 bits per heavy atom. The molecule has 1 unspecified atom stereocenters. The number of halogens is 4. The third-order valence-electron chi connectivity index (χ3n) is 2.52. The quantitative estimate of drug-likeness (QED) is 0.678. The first kappa shape index (κ1) is 15.0. The monoisotopic (exact) mass is 274 g/mol. The van der Waals surface area contributed by atoms with Gasteiger partial charge in [-0.05, 0) is 6.92 Å². The summed E-state index contributed by atoms with van der Waals surface area (Å²) < 4.78 is 53.7. The fourth-order valence-electron chi connectivity index (χ4n) is 1.54. The van der Waals surface area contributed by atoms with Gasteiger partial charge < -0.3 is 5.32 Å². The average molecular weight is 274 g/mol. The number of nitrogens with one attached hydrogen (secondary N) is 1. The highest BCUT2D eigenvalue weighted by atomic mass is 19.2. The van der Waals surface area contributed by atoms with Gasteiger partial charge in [-0.1, -0.05) is 0 Å². The molecule has 0 saturated heterocycles. The Morgan fingerprint density at radius 2 is 1.68 bits per heavy atom. The lowest BCUT2D eigenvalue weighted by Crippen LogP contribution is -2.34. The second-order valence-corrected chi connectivity index (χ2v) is 3.95. The predicted molar refractivity (Wildman–Crippen MR) is 57.9 cm³/mol. The van der Waals surface area contributed by atoms with Crippen molar-refractivity contribution in [3.63, 3.8) is 0 Å². The Bertz CT molecular complexity index is 537. The summed E-state index contributed by atoms with van der Waals surface area (Å²) in [7, 11) is 0. The number of rotatable bonds is 3. The molecular weight excluding hydrogens is 264 g/mol. The first-order valence-corrected chi connectivity index (χ1v) is 5.27. The van der Waals surface area contributed by atoms with Crippen LogP contribution in [0.15, 0.2) is 0 Å². The first-order valence-electron chi connectivity index (χ1n) is 5.27. The van der Waals surface area contributed by atoms with Gasteiger partial charge in [0.05, 0.1) is 6.07 Å². The molecule has 1 aromatic rings. The van der Waals surface area contributed by atoms with Gasteiger partial charge in [0.1, 0.15) is 6.04 Å². The van der Waals surface area contributed by atoms with Crippen LogP contribution in [0.2, 0.25) is 0 Å². The zero-order valence-electron chi connectivity index (χ0n) is 10.2. The molecule has 0 aliphatic rings. The Labute approximate surface area is 106 Å². The van der Waals surface area contributed by atoms with E-state index in [1.807, 2.05) is 0 Å². The van der Waals surface area contributed by atoms with Crippen molar-refractivity contribution in [1.29, 1.82) is 5.26 Å². The Hall–Kier alpha value is -2.10. The lowest BCUT2D eigenvalue weighted by atomic mass is 10.0. The summed E-state index contributed by atoms with van der Waals surface area (Å²) in [5.74, 6) is -6.72. The van der Waals surface area contributed by atoms with E-state index in [0.29, 0.717) is 0 Å². The Kier molecular flexibility index (Phi) is 4.48. The molecule has 0 bridgehead atoms. The highest BCUT2D eigenvalue weighted by Gasteiger charge is 2.25. The number of carbonyl (C=O) groups excluding carboxylic acids is 1. The number of amides is 1. The fraction of sp³-hybridized carbons (Fsp3) is 0.333. The van der Waals surface area contributed by atoms with Crippen LogP contribution < -0.4 is 5.32 Å². The minimum absolute atomic E-state index is 0.597. The molecule has 0 fully saturated rings. The van der Waals surface area contributed by atoms with Crippen LogP contribution in [-0.4, -0.2) is 11.9 Å². The van der Waals surface area contributed by atoms with Crippen molar-refractivity contribution in [1.82, 2.24) is 5.32 Å². The summed E-state index contributed by atoms with van der Waals surface area (Å²) in [6, 6.07) is 0.305. The van der Waals surface area contributed by atoms with Gasteiger partial charge in [-0.25, -0.2) is 17.6 Å². The van der Waals surface area contributed by atoms with Gasteiger partial charge in [0, 0.05) is 24.5 Å². The number of hydrogen-bond acceptors (Lipinski definition) is 2. The third kappa shape index (κ3) is 3.02. The minimum Gasteiger partial charge on any atom is -0.340 e. The van der Waals surface area contributed by atoms with Gasteiger partial charge in [-0.15, -0.1) is 0 Å². The molecule has 0 spiro atoms. The molecular formula is C12H10F4N2O. The van der Waals surface area contributed by atoms with Crippen LogP contribution in [0.5, 0.6) is 0 Å². The maximum Gasteiger partial charge on any atom is 0.217 e. The van der Waals surface area contributed by atoms with Crippen LogP contribution in [0.4, 0.5) is 17.6 Å². The van der Waals surface area contributed by atoms with Crippen LogP contribution in [0.1, 0.15) is 18.1 Å². The summed E-state index contributed by atoms with van der Waals surface area (Å²) in [5, 5.41) is 10.8. The van der Waals surface area contributed by atoms with Gasteiger partial charge in [-0.2, -0.15) is 5.26 Å². The van der Waals surface area contributed by atoms with Crippen LogP contribution in [0.25, 0.3) is 0 Å². The second-order valence-electron chi connectivity index (χ2n) is 3.95. The van der Waals surface area contributed by atoms with Crippen molar-refractivity contribution in [2.75, 3.05) is 0 Å². The molecule has 0 heterocycles. The molecule has 7 heteroatoms. The molecule has 0 aromatic heterocycles. The largest absolute Gasteiger partial charge is 0.340 e. The van der Waals surface area contributed by atoms with Gasteiger partial charge in [0.15, 0.2) is 23.3 Å². The SMILES string of the molecule is CC(=O)NC(C#N)Cc1c(F)c(F)c(C)c(F)c1F. The predicted octanol–water partition coefficient (Wildman–Crippen LogP) is 2.12.